The van der Waals surface area contributed by atoms with Crippen molar-refractivity contribution in [1.29, 1.82) is 0 Å². The average molecular weight is 331 g/mol. The molecule has 3 N–H and O–H groups in total. The molecule has 0 amide bonds. The topological polar surface area (TPSA) is 75.1 Å². The Morgan fingerprint density at radius 2 is 1.96 bits per heavy atom. The molecule has 120 valence electrons. The van der Waals surface area contributed by atoms with E-state index in [0.717, 1.165) is 30.8 Å². The summed E-state index contributed by atoms with van der Waals surface area (Å²) < 4.78 is 1.49. The van der Waals surface area contributed by atoms with Gasteiger partial charge in [-0.2, -0.15) is 9.61 Å². The molecule has 0 bridgehead atoms. The molecule has 1 atom stereocenters. The van der Waals surface area contributed by atoms with Crippen molar-refractivity contribution in [2.45, 2.75) is 25.0 Å². The van der Waals surface area contributed by atoms with Crippen LogP contribution in [0.5, 0.6) is 5.88 Å². The van der Waals surface area contributed by atoms with E-state index < -0.39 is 0 Å². The SMILES string of the molecule is Oc1c([C@H](c2ccccc2)[NH+]2CCC(O)CC2)sc2ncnn12. The van der Waals surface area contributed by atoms with Gasteiger partial charge in [0.2, 0.25) is 10.8 Å². The normalized spacial score (nSPS) is 23.2. The van der Waals surface area contributed by atoms with Crippen LogP contribution >= 0.6 is 11.3 Å². The lowest BCUT2D eigenvalue weighted by Gasteiger charge is -2.33. The molecule has 0 spiro atoms. The molecule has 0 radical (unpaired) electrons. The maximum Gasteiger partial charge on any atom is 0.235 e. The number of fused-ring (bicyclic) bond motifs is 1. The first-order chi connectivity index (χ1) is 11.2. The van der Waals surface area contributed by atoms with Crippen LogP contribution in [0.25, 0.3) is 4.96 Å². The van der Waals surface area contributed by atoms with E-state index in [9.17, 15) is 10.2 Å². The van der Waals surface area contributed by atoms with Crippen LogP contribution in [0.15, 0.2) is 36.7 Å². The first-order valence-corrected chi connectivity index (χ1v) is 8.64. The second kappa shape index (κ2) is 5.92. The van der Waals surface area contributed by atoms with Crippen molar-refractivity contribution in [1.82, 2.24) is 14.6 Å². The van der Waals surface area contributed by atoms with Crippen molar-refractivity contribution in [2.24, 2.45) is 0 Å². The zero-order valence-corrected chi connectivity index (χ0v) is 13.4. The molecule has 0 aliphatic carbocycles. The van der Waals surface area contributed by atoms with Gasteiger partial charge in [0.15, 0.2) is 6.04 Å². The Kier molecular flexibility index (Phi) is 3.76. The minimum absolute atomic E-state index is 0.0391. The second-order valence-electron chi connectivity index (χ2n) is 5.98. The quantitative estimate of drug-likeness (QED) is 0.658. The summed E-state index contributed by atoms with van der Waals surface area (Å²) in [6.45, 7) is 1.77. The number of rotatable bonds is 3. The summed E-state index contributed by atoms with van der Waals surface area (Å²) in [6, 6.07) is 10.3. The highest BCUT2D eigenvalue weighted by Gasteiger charge is 2.34. The van der Waals surface area contributed by atoms with Crippen LogP contribution in [0.3, 0.4) is 0 Å². The van der Waals surface area contributed by atoms with Crippen LogP contribution in [-0.2, 0) is 0 Å². The van der Waals surface area contributed by atoms with Crippen molar-refractivity contribution in [3.05, 3.63) is 47.1 Å². The maximum atomic E-state index is 10.6. The Labute approximate surface area is 137 Å². The second-order valence-corrected chi connectivity index (χ2v) is 6.99. The zero-order chi connectivity index (χ0) is 15.8. The fourth-order valence-corrected chi connectivity index (χ4v) is 4.48. The van der Waals surface area contributed by atoms with Crippen LogP contribution in [-0.4, -0.2) is 44.0 Å². The Hall–Kier alpha value is -1.96. The number of nitrogens with zero attached hydrogens (tertiary/aromatic N) is 3. The summed E-state index contributed by atoms with van der Waals surface area (Å²) in [5, 5.41) is 24.5. The lowest BCUT2D eigenvalue weighted by molar-refractivity contribution is -0.931. The van der Waals surface area contributed by atoms with Crippen molar-refractivity contribution in [3.8, 4) is 5.88 Å². The summed E-state index contributed by atoms with van der Waals surface area (Å²) in [5.74, 6) is 0.176. The smallest absolute Gasteiger partial charge is 0.235 e. The fourth-order valence-electron chi connectivity index (χ4n) is 3.36. The average Bonchev–Trinajstić information content (AvgIpc) is 3.15. The molecule has 6 nitrogen and oxygen atoms in total. The predicted molar refractivity (Wildman–Crippen MR) is 86.8 cm³/mol. The minimum Gasteiger partial charge on any atom is -0.492 e. The highest BCUT2D eigenvalue weighted by atomic mass is 32.1. The Morgan fingerprint density at radius 1 is 1.22 bits per heavy atom. The van der Waals surface area contributed by atoms with E-state index >= 15 is 0 Å². The number of nitrogens with one attached hydrogen (secondary N) is 1. The number of thiazole rings is 1. The van der Waals surface area contributed by atoms with E-state index in [4.69, 9.17) is 0 Å². The number of hydrogen-bond donors (Lipinski definition) is 3. The number of likely N-dealkylation sites (tertiary alicyclic amines) is 1. The third-order valence-corrected chi connectivity index (χ3v) is 5.64. The number of quaternary nitrogens is 1. The number of aromatic nitrogens is 3. The molecule has 1 aliphatic heterocycles. The molecule has 0 unspecified atom stereocenters. The van der Waals surface area contributed by atoms with Gasteiger partial charge in [-0.05, 0) is 0 Å². The molecule has 1 saturated heterocycles. The van der Waals surface area contributed by atoms with Crippen molar-refractivity contribution < 1.29 is 15.1 Å². The molecule has 3 aromatic rings. The Balaban J connectivity index is 1.78. The van der Waals surface area contributed by atoms with Crippen LogP contribution in [0.4, 0.5) is 0 Å². The van der Waals surface area contributed by atoms with E-state index in [1.165, 1.54) is 32.6 Å². The molecule has 1 aromatic carbocycles. The molecular weight excluding hydrogens is 312 g/mol. The summed E-state index contributed by atoms with van der Waals surface area (Å²) in [7, 11) is 0. The molecule has 3 heterocycles. The van der Waals surface area contributed by atoms with E-state index in [0.29, 0.717) is 4.96 Å². The largest absolute Gasteiger partial charge is 0.492 e. The maximum absolute atomic E-state index is 10.6. The van der Waals surface area contributed by atoms with Gasteiger partial charge >= 0.3 is 0 Å². The summed E-state index contributed by atoms with van der Waals surface area (Å²) >= 11 is 1.48. The van der Waals surface area contributed by atoms with Gasteiger partial charge in [0.25, 0.3) is 0 Å². The van der Waals surface area contributed by atoms with E-state index in [-0.39, 0.29) is 18.0 Å². The predicted octanol–water partition coefficient (Wildman–Crippen LogP) is 0.625. The molecule has 4 rings (SSSR count). The number of piperidine rings is 1. The lowest BCUT2D eigenvalue weighted by Crippen LogP contribution is -3.13. The molecule has 2 aromatic heterocycles. The van der Waals surface area contributed by atoms with Crippen molar-refractivity contribution >= 4 is 16.3 Å². The van der Waals surface area contributed by atoms with Gasteiger partial charge in [-0.25, -0.2) is 4.98 Å². The zero-order valence-electron chi connectivity index (χ0n) is 12.6. The van der Waals surface area contributed by atoms with Crippen molar-refractivity contribution in [3.63, 3.8) is 0 Å². The minimum atomic E-state index is -0.203. The monoisotopic (exact) mass is 331 g/mol. The molecular formula is C16H19N4O2S+. The molecule has 7 heteroatoms. The first kappa shape index (κ1) is 14.6. The highest BCUT2D eigenvalue weighted by Crippen LogP contribution is 2.34. The van der Waals surface area contributed by atoms with E-state index in [1.807, 2.05) is 18.2 Å². The molecule has 1 fully saturated rings. The fraction of sp³-hybridized carbons (Fsp3) is 0.375. The third-order valence-electron chi connectivity index (χ3n) is 4.54. The highest BCUT2D eigenvalue weighted by molar-refractivity contribution is 7.17. The Bertz CT molecular complexity index is 793. The lowest BCUT2D eigenvalue weighted by atomic mass is 9.99. The number of aromatic hydroxyl groups is 1. The summed E-state index contributed by atoms with van der Waals surface area (Å²) in [6.07, 6.45) is 2.84. The standard InChI is InChI=1S/C16H18N4O2S/c21-12-6-8-19(9-7-12)13(11-4-2-1-3-5-11)14-15(22)20-16(23-14)17-10-18-20/h1-5,10,12-13,21-22H,6-9H2/p+1/t13-/m0/s1. The van der Waals surface area contributed by atoms with Gasteiger partial charge in [0.1, 0.15) is 11.2 Å². The van der Waals surface area contributed by atoms with Gasteiger partial charge in [-0.3, -0.25) is 0 Å². The molecule has 23 heavy (non-hydrogen) atoms. The van der Waals surface area contributed by atoms with Gasteiger partial charge in [0, 0.05) is 18.4 Å². The number of aliphatic hydroxyl groups excluding tert-OH is 1. The van der Waals surface area contributed by atoms with Gasteiger partial charge in [-0.15, -0.1) is 0 Å². The van der Waals surface area contributed by atoms with Crippen LogP contribution in [0, 0.1) is 0 Å². The molecule has 1 aliphatic rings. The summed E-state index contributed by atoms with van der Waals surface area (Å²) in [5.41, 5.74) is 1.17. The van der Waals surface area contributed by atoms with Gasteiger partial charge < -0.3 is 15.1 Å². The van der Waals surface area contributed by atoms with Gasteiger partial charge in [0.05, 0.1) is 19.2 Å². The first-order valence-electron chi connectivity index (χ1n) is 7.83. The van der Waals surface area contributed by atoms with E-state index in [1.54, 1.807) is 0 Å². The van der Waals surface area contributed by atoms with Crippen molar-refractivity contribution in [2.75, 3.05) is 13.1 Å². The van der Waals surface area contributed by atoms with E-state index in [2.05, 4.69) is 22.2 Å². The number of hydrogen-bond acceptors (Lipinski definition) is 5. The summed E-state index contributed by atoms with van der Waals surface area (Å²) in [4.78, 5) is 7.15. The third kappa shape index (κ3) is 2.60. The van der Waals surface area contributed by atoms with Crippen LogP contribution < -0.4 is 4.90 Å². The van der Waals surface area contributed by atoms with Crippen LogP contribution in [0.2, 0.25) is 0 Å². The Morgan fingerprint density at radius 3 is 2.65 bits per heavy atom. The number of aliphatic hydroxyl groups is 1. The van der Waals surface area contributed by atoms with Gasteiger partial charge in [-0.1, -0.05) is 41.7 Å². The number of benzene rings is 1. The van der Waals surface area contributed by atoms with Crippen LogP contribution in [0.1, 0.15) is 29.3 Å². The molecule has 0 saturated carbocycles.